The molecule has 0 saturated heterocycles. The van der Waals surface area contributed by atoms with Gasteiger partial charge in [-0.1, -0.05) is 6.07 Å². The van der Waals surface area contributed by atoms with Gasteiger partial charge in [0.05, 0.1) is 39.8 Å². The van der Waals surface area contributed by atoms with E-state index >= 15 is 0 Å². The van der Waals surface area contributed by atoms with Gasteiger partial charge in [0.15, 0.2) is 11.5 Å². The lowest BCUT2D eigenvalue weighted by molar-refractivity contribution is 0.256. The molecule has 2 heterocycles. The summed E-state index contributed by atoms with van der Waals surface area (Å²) in [6.07, 6.45) is 1.04. The first-order valence-corrected chi connectivity index (χ1v) is 10.4. The number of hydrogen-bond donors (Lipinski definition) is 0. The fourth-order valence-corrected chi connectivity index (χ4v) is 4.02. The average molecular weight is 424 g/mol. The Balaban J connectivity index is 1.56. The summed E-state index contributed by atoms with van der Waals surface area (Å²) in [7, 11) is 6.66. The van der Waals surface area contributed by atoms with Crippen LogP contribution in [0, 0.1) is 0 Å². The summed E-state index contributed by atoms with van der Waals surface area (Å²) in [4.78, 5) is 2.43. The van der Waals surface area contributed by atoms with Crippen LogP contribution in [-0.4, -0.2) is 49.7 Å². The first-order chi connectivity index (χ1) is 15.1. The molecule has 0 amide bonds. The largest absolute Gasteiger partial charge is 0.497 e. The van der Waals surface area contributed by atoms with Gasteiger partial charge in [-0.2, -0.15) is 5.10 Å². The molecule has 1 aromatic heterocycles. The summed E-state index contributed by atoms with van der Waals surface area (Å²) >= 11 is 0. The third kappa shape index (κ3) is 4.46. The van der Waals surface area contributed by atoms with Crippen molar-refractivity contribution in [3.8, 4) is 34.3 Å². The Kier molecular flexibility index (Phi) is 6.32. The molecule has 164 valence electrons. The van der Waals surface area contributed by atoms with Gasteiger partial charge in [-0.05, 0) is 36.8 Å². The van der Waals surface area contributed by atoms with Crippen molar-refractivity contribution in [3.05, 3.63) is 53.7 Å². The zero-order valence-corrected chi connectivity index (χ0v) is 18.6. The number of methoxy groups -OCH3 is 4. The molecule has 0 atom stereocenters. The van der Waals surface area contributed by atoms with Crippen LogP contribution >= 0.6 is 0 Å². The molecule has 0 N–H and O–H groups in total. The van der Waals surface area contributed by atoms with Crippen LogP contribution in [0.1, 0.15) is 17.7 Å². The van der Waals surface area contributed by atoms with Crippen molar-refractivity contribution in [1.82, 2.24) is 14.7 Å². The first-order valence-electron chi connectivity index (χ1n) is 10.4. The van der Waals surface area contributed by atoms with Crippen molar-refractivity contribution < 1.29 is 18.9 Å². The Hall–Kier alpha value is -3.19. The summed E-state index contributed by atoms with van der Waals surface area (Å²) in [6, 6.07) is 14.1. The van der Waals surface area contributed by atoms with E-state index in [1.54, 1.807) is 28.4 Å². The number of benzene rings is 2. The quantitative estimate of drug-likeness (QED) is 0.573. The van der Waals surface area contributed by atoms with E-state index in [2.05, 4.69) is 21.7 Å². The minimum Gasteiger partial charge on any atom is -0.497 e. The lowest BCUT2D eigenvalue weighted by atomic mass is 10.1. The standard InChI is InChI=1S/C24H29N3O4/c1-28-20-8-6-18(23(14-20)30-3)15-26-10-5-11-27-19(16-26)13-21(25-27)17-7-9-22(29-2)24(12-17)31-4/h6-9,12-14H,5,10-11,15-16H2,1-4H3. The van der Waals surface area contributed by atoms with Crippen LogP contribution < -0.4 is 18.9 Å². The number of ether oxygens (including phenoxy) is 4. The predicted molar refractivity (Wildman–Crippen MR) is 119 cm³/mol. The predicted octanol–water partition coefficient (Wildman–Crippen LogP) is 3.99. The van der Waals surface area contributed by atoms with Crippen LogP contribution in [0.3, 0.4) is 0 Å². The lowest BCUT2D eigenvalue weighted by Crippen LogP contribution is -2.23. The van der Waals surface area contributed by atoms with Crippen molar-refractivity contribution >= 4 is 0 Å². The van der Waals surface area contributed by atoms with E-state index in [1.165, 1.54) is 5.69 Å². The van der Waals surface area contributed by atoms with Crippen molar-refractivity contribution in [2.75, 3.05) is 35.0 Å². The van der Waals surface area contributed by atoms with Crippen LogP contribution in [0.25, 0.3) is 11.3 Å². The van der Waals surface area contributed by atoms with Crippen molar-refractivity contribution in [3.63, 3.8) is 0 Å². The van der Waals surface area contributed by atoms with Gasteiger partial charge in [0.1, 0.15) is 11.5 Å². The SMILES string of the molecule is COc1ccc(CN2CCCn3nc(-c4ccc(OC)c(OC)c4)cc3C2)c(OC)c1. The van der Waals surface area contributed by atoms with Gasteiger partial charge in [0, 0.05) is 43.4 Å². The van der Waals surface area contributed by atoms with Gasteiger partial charge in [-0.25, -0.2) is 0 Å². The number of fused-ring (bicyclic) bond motifs is 1. The Morgan fingerprint density at radius 2 is 1.61 bits per heavy atom. The van der Waals surface area contributed by atoms with E-state index in [9.17, 15) is 0 Å². The van der Waals surface area contributed by atoms with Crippen molar-refractivity contribution in [2.45, 2.75) is 26.1 Å². The molecule has 3 aromatic rings. The molecule has 7 nitrogen and oxygen atoms in total. The van der Waals surface area contributed by atoms with Gasteiger partial charge < -0.3 is 18.9 Å². The molecule has 0 radical (unpaired) electrons. The van der Waals surface area contributed by atoms with Crippen LogP contribution in [0.2, 0.25) is 0 Å². The van der Waals surface area contributed by atoms with E-state index in [0.717, 1.165) is 60.9 Å². The molecule has 4 rings (SSSR count). The highest BCUT2D eigenvalue weighted by molar-refractivity contribution is 5.64. The van der Waals surface area contributed by atoms with Crippen molar-refractivity contribution in [1.29, 1.82) is 0 Å². The molecule has 0 bridgehead atoms. The van der Waals surface area contributed by atoms with E-state index < -0.39 is 0 Å². The van der Waals surface area contributed by atoms with Crippen LogP contribution in [0.4, 0.5) is 0 Å². The molecule has 1 aliphatic rings. The fourth-order valence-electron chi connectivity index (χ4n) is 4.02. The Morgan fingerprint density at radius 3 is 2.35 bits per heavy atom. The van der Waals surface area contributed by atoms with Gasteiger partial charge in [-0.3, -0.25) is 9.58 Å². The maximum absolute atomic E-state index is 5.59. The van der Waals surface area contributed by atoms with Crippen molar-refractivity contribution in [2.24, 2.45) is 0 Å². The molecular formula is C24H29N3O4. The summed E-state index contributed by atoms with van der Waals surface area (Å²) in [5, 5.41) is 4.86. The zero-order valence-electron chi connectivity index (χ0n) is 18.6. The molecule has 2 aromatic carbocycles. The highest BCUT2D eigenvalue weighted by Crippen LogP contribution is 2.33. The fraction of sp³-hybridized carbons (Fsp3) is 0.375. The highest BCUT2D eigenvalue weighted by atomic mass is 16.5. The van der Waals surface area contributed by atoms with E-state index in [0.29, 0.717) is 11.5 Å². The molecule has 0 spiro atoms. The Morgan fingerprint density at radius 1 is 0.806 bits per heavy atom. The second-order valence-corrected chi connectivity index (χ2v) is 7.56. The molecule has 1 aliphatic heterocycles. The van der Waals surface area contributed by atoms with Crippen LogP contribution in [0.15, 0.2) is 42.5 Å². The molecule has 0 aliphatic carbocycles. The summed E-state index contributed by atoms with van der Waals surface area (Å²) in [5.74, 6) is 3.07. The van der Waals surface area contributed by atoms with E-state index in [4.69, 9.17) is 24.0 Å². The number of rotatable bonds is 7. The number of aromatic nitrogens is 2. The highest BCUT2D eigenvalue weighted by Gasteiger charge is 2.19. The van der Waals surface area contributed by atoms with Gasteiger partial charge >= 0.3 is 0 Å². The number of hydrogen-bond acceptors (Lipinski definition) is 6. The topological polar surface area (TPSA) is 58.0 Å². The molecule has 31 heavy (non-hydrogen) atoms. The second kappa shape index (κ2) is 9.31. The van der Waals surface area contributed by atoms with E-state index in [1.807, 2.05) is 30.3 Å². The third-order valence-electron chi connectivity index (χ3n) is 5.66. The minimum atomic E-state index is 0.705. The van der Waals surface area contributed by atoms with Crippen LogP contribution in [-0.2, 0) is 19.6 Å². The van der Waals surface area contributed by atoms with Gasteiger partial charge in [0.25, 0.3) is 0 Å². The Bertz CT molecular complexity index is 1050. The molecule has 0 fully saturated rings. The van der Waals surface area contributed by atoms with E-state index in [-0.39, 0.29) is 0 Å². The molecule has 7 heteroatoms. The average Bonchev–Trinajstić information content (AvgIpc) is 3.11. The molecular weight excluding hydrogens is 394 g/mol. The summed E-state index contributed by atoms with van der Waals surface area (Å²) in [5.41, 5.74) is 4.31. The monoisotopic (exact) mass is 423 g/mol. The maximum atomic E-state index is 5.59. The molecule has 0 saturated carbocycles. The first kappa shape index (κ1) is 21.1. The summed E-state index contributed by atoms with van der Waals surface area (Å²) in [6.45, 7) is 3.54. The zero-order chi connectivity index (χ0) is 21.8. The van der Waals surface area contributed by atoms with Crippen LogP contribution in [0.5, 0.6) is 23.0 Å². The number of nitrogens with zero attached hydrogens (tertiary/aromatic N) is 3. The summed E-state index contributed by atoms with van der Waals surface area (Å²) < 4.78 is 23.8. The third-order valence-corrected chi connectivity index (χ3v) is 5.66. The van der Waals surface area contributed by atoms with Gasteiger partial charge in [-0.15, -0.1) is 0 Å². The lowest BCUT2D eigenvalue weighted by Gasteiger charge is -2.21. The molecule has 0 unspecified atom stereocenters. The van der Waals surface area contributed by atoms with Gasteiger partial charge in [0.2, 0.25) is 0 Å². The normalized spacial score (nSPS) is 13.9. The maximum Gasteiger partial charge on any atom is 0.161 e. The second-order valence-electron chi connectivity index (χ2n) is 7.56. The minimum absolute atomic E-state index is 0.705. The number of aryl methyl sites for hydroxylation is 1. The smallest absolute Gasteiger partial charge is 0.161 e. The Labute approximate surface area is 183 Å².